The van der Waals surface area contributed by atoms with Crippen molar-refractivity contribution in [3.63, 3.8) is 0 Å². The number of carbonyl (C=O) groups excluding carboxylic acids is 1. The van der Waals surface area contributed by atoms with Gasteiger partial charge < -0.3 is 24.8 Å². The molecule has 0 fully saturated rings. The lowest BCUT2D eigenvalue weighted by Crippen LogP contribution is -2.46. The summed E-state index contributed by atoms with van der Waals surface area (Å²) in [6.45, 7) is 2.02. The summed E-state index contributed by atoms with van der Waals surface area (Å²) in [5, 5.41) is 11.9. The van der Waals surface area contributed by atoms with Gasteiger partial charge in [-0.3, -0.25) is 9.59 Å². The Labute approximate surface area is 115 Å². The molecule has 106 valence electrons. The summed E-state index contributed by atoms with van der Waals surface area (Å²) in [6.07, 6.45) is -0.105. The molecule has 1 aromatic carbocycles. The SMILES string of the molecule is CC1Nc2cc3c(cc2N(CCC(=O)O)C1=O)OCO3. The highest BCUT2D eigenvalue weighted by Crippen LogP contribution is 2.43. The van der Waals surface area contributed by atoms with E-state index in [1.165, 1.54) is 4.90 Å². The zero-order valence-electron chi connectivity index (χ0n) is 10.9. The van der Waals surface area contributed by atoms with Crippen molar-refractivity contribution in [2.75, 3.05) is 23.6 Å². The molecule has 2 aliphatic rings. The highest BCUT2D eigenvalue weighted by Gasteiger charge is 2.32. The van der Waals surface area contributed by atoms with E-state index in [9.17, 15) is 9.59 Å². The third kappa shape index (κ3) is 2.01. The molecule has 0 bridgehead atoms. The highest BCUT2D eigenvalue weighted by atomic mass is 16.7. The molecule has 0 radical (unpaired) electrons. The number of fused-ring (bicyclic) bond motifs is 2. The Hall–Kier alpha value is -2.44. The normalized spacial score (nSPS) is 19.6. The van der Waals surface area contributed by atoms with Crippen molar-refractivity contribution in [2.24, 2.45) is 0 Å². The number of aliphatic carboxylic acids is 1. The Kier molecular flexibility index (Phi) is 2.89. The van der Waals surface area contributed by atoms with E-state index in [0.717, 1.165) is 5.69 Å². The summed E-state index contributed by atoms with van der Waals surface area (Å²) in [5.74, 6) is 0.0908. The van der Waals surface area contributed by atoms with Gasteiger partial charge in [0.15, 0.2) is 11.5 Å². The number of hydrogen-bond acceptors (Lipinski definition) is 5. The van der Waals surface area contributed by atoms with E-state index in [1.807, 2.05) is 0 Å². The van der Waals surface area contributed by atoms with Crippen molar-refractivity contribution in [1.82, 2.24) is 0 Å². The number of nitrogens with zero attached hydrogens (tertiary/aromatic N) is 1. The van der Waals surface area contributed by atoms with Gasteiger partial charge in [-0.15, -0.1) is 0 Å². The Morgan fingerprint density at radius 1 is 1.45 bits per heavy atom. The van der Waals surface area contributed by atoms with Gasteiger partial charge >= 0.3 is 5.97 Å². The third-order valence-electron chi connectivity index (χ3n) is 3.34. The van der Waals surface area contributed by atoms with E-state index >= 15 is 0 Å². The van der Waals surface area contributed by atoms with Crippen LogP contribution in [0.4, 0.5) is 11.4 Å². The fourth-order valence-electron chi connectivity index (χ4n) is 2.36. The van der Waals surface area contributed by atoms with E-state index in [4.69, 9.17) is 14.6 Å². The van der Waals surface area contributed by atoms with E-state index < -0.39 is 12.0 Å². The molecule has 1 amide bonds. The fraction of sp³-hybridized carbons (Fsp3) is 0.385. The van der Waals surface area contributed by atoms with E-state index in [2.05, 4.69) is 5.32 Å². The molecule has 0 saturated heterocycles. The molecule has 7 nitrogen and oxygen atoms in total. The molecule has 7 heteroatoms. The van der Waals surface area contributed by atoms with Gasteiger partial charge in [-0.05, 0) is 6.92 Å². The van der Waals surface area contributed by atoms with E-state index in [0.29, 0.717) is 17.2 Å². The number of rotatable bonds is 3. The van der Waals surface area contributed by atoms with Crippen molar-refractivity contribution in [2.45, 2.75) is 19.4 Å². The Bertz CT molecular complexity index is 586. The molecular weight excluding hydrogens is 264 g/mol. The maximum atomic E-state index is 12.2. The van der Waals surface area contributed by atoms with Crippen LogP contribution in [-0.4, -0.2) is 36.4 Å². The van der Waals surface area contributed by atoms with Crippen LogP contribution in [-0.2, 0) is 9.59 Å². The van der Waals surface area contributed by atoms with E-state index in [-0.39, 0.29) is 25.7 Å². The first kappa shape index (κ1) is 12.6. The van der Waals surface area contributed by atoms with Gasteiger partial charge in [0.2, 0.25) is 12.7 Å². The summed E-state index contributed by atoms with van der Waals surface area (Å²) in [6, 6.07) is 3.07. The zero-order valence-corrected chi connectivity index (χ0v) is 10.9. The van der Waals surface area contributed by atoms with Crippen LogP contribution in [0.2, 0.25) is 0 Å². The number of anilines is 2. The van der Waals surface area contributed by atoms with Crippen LogP contribution in [0.5, 0.6) is 11.5 Å². The van der Waals surface area contributed by atoms with Gasteiger partial charge in [0.1, 0.15) is 6.04 Å². The number of carbonyl (C=O) groups is 2. The van der Waals surface area contributed by atoms with Crippen LogP contribution < -0.4 is 19.7 Å². The zero-order chi connectivity index (χ0) is 14.3. The minimum Gasteiger partial charge on any atom is -0.481 e. The number of carboxylic acid groups (broad SMARTS) is 1. The topological polar surface area (TPSA) is 88.1 Å². The third-order valence-corrected chi connectivity index (χ3v) is 3.34. The van der Waals surface area contributed by atoms with Crippen molar-refractivity contribution in [3.05, 3.63) is 12.1 Å². The van der Waals surface area contributed by atoms with Gasteiger partial charge in [-0.25, -0.2) is 0 Å². The summed E-state index contributed by atoms with van der Waals surface area (Å²) < 4.78 is 10.6. The lowest BCUT2D eigenvalue weighted by Gasteiger charge is -2.33. The first-order valence-corrected chi connectivity index (χ1v) is 6.29. The van der Waals surface area contributed by atoms with Crippen molar-refractivity contribution < 1.29 is 24.2 Å². The first-order valence-electron chi connectivity index (χ1n) is 6.29. The number of nitrogens with one attached hydrogen (secondary N) is 1. The maximum Gasteiger partial charge on any atom is 0.305 e. The summed E-state index contributed by atoms with van der Waals surface area (Å²) >= 11 is 0. The van der Waals surface area contributed by atoms with Crippen LogP contribution in [0.25, 0.3) is 0 Å². The minimum absolute atomic E-state index is 0.105. The Morgan fingerprint density at radius 2 is 2.15 bits per heavy atom. The lowest BCUT2D eigenvalue weighted by molar-refractivity contribution is -0.136. The average Bonchev–Trinajstić information content (AvgIpc) is 2.84. The fourth-order valence-corrected chi connectivity index (χ4v) is 2.36. The van der Waals surface area contributed by atoms with Crippen LogP contribution in [0.1, 0.15) is 13.3 Å². The van der Waals surface area contributed by atoms with Crippen LogP contribution in [0.3, 0.4) is 0 Å². The molecule has 20 heavy (non-hydrogen) atoms. The molecule has 0 saturated carbocycles. The molecule has 1 unspecified atom stereocenters. The molecule has 3 rings (SSSR count). The maximum absolute atomic E-state index is 12.2. The molecule has 0 spiro atoms. The second kappa shape index (κ2) is 4.59. The van der Waals surface area contributed by atoms with Gasteiger partial charge in [0, 0.05) is 18.7 Å². The molecule has 0 aliphatic carbocycles. The number of benzene rings is 1. The molecule has 1 atom stereocenters. The van der Waals surface area contributed by atoms with E-state index in [1.54, 1.807) is 19.1 Å². The lowest BCUT2D eigenvalue weighted by atomic mass is 10.1. The molecule has 2 N–H and O–H groups in total. The first-order chi connectivity index (χ1) is 9.56. The second-order valence-electron chi connectivity index (χ2n) is 4.72. The van der Waals surface area contributed by atoms with Crippen molar-refractivity contribution >= 4 is 23.3 Å². The monoisotopic (exact) mass is 278 g/mol. The smallest absolute Gasteiger partial charge is 0.305 e. The standard InChI is InChI=1S/C13H14N2O5/c1-7-13(18)15(3-2-12(16)17)9-5-11-10(19-6-20-11)4-8(9)14-7/h4-5,7,14H,2-3,6H2,1H3,(H,16,17). The number of ether oxygens (including phenoxy) is 2. The average molecular weight is 278 g/mol. The Morgan fingerprint density at radius 3 is 2.85 bits per heavy atom. The molecule has 1 aromatic rings. The van der Waals surface area contributed by atoms with Gasteiger partial charge in [-0.2, -0.15) is 0 Å². The predicted octanol–water partition coefficient (Wildman–Crippen LogP) is 1.04. The van der Waals surface area contributed by atoms with Crippen molar-refractivity contribution in [1.29, 1.82) is 0 Å². The van der Waals surface area contributed by atoms with Crippen molar-refractivity contribution in [3.8, 4) is 11.5 Å². The van der Waals surface area contributed by atoms with Crippen LogP contribution in [0, 0.1) is 0 Å². The number of hydrogen-bond donors (Lipinski definition) is 2. The minimum atomic E-state index is -0.939. The molecule has 2 aliphatic heterocycles. The molecule has 2 heterocycles. The highest BCUT2D eigenvalue weighted by molar-refractivity contribution is 6.05. The van der Waals surface area contributed by atoms with Crippen LogP contribution in [0.15, 0.2) is 12.1 Å². The summed E-state index contributed by atoms with van der Waals surface area (Å²) in [7, 11) is 0. The quantitative estimate of drug-likeness (QED) is 0.858. The molecule has 0 aromatic heterocycles. The largest absolute Gasteiger partial charge is 0.481 e. The second-order valence-corrected chi connectivity index (χ2v) is 4.72. The summed E-state index contributed by atoms with van der Waals surface area (Å²) in [4.78, 5) is 24.4. The number of amides is 1. The van der Waals surface area contributed by atoms with Gasteiger partial charge in [0.05, 0.1) is 17.8 Å². The van der Waals surface area contributed by atoms with Gasteiger partial charge in [-0.1, -0.05) is 0 Å². The van der Waals surface area contributed by atoms with Crippen LogP contribution >= 0.6 is 0 Å². The predicted molar refractivity (Wildman–Crippen MR) is 70.3 cm³/mol. The molecular formula is C13H14N2O5. The number of carboxylic acids is 1. The Balaban J connectivity index is 1.98. The van der Waals surface area contributed by atoms with Gasteiger partial charge in [0.25, 0.3) is 0 Å². The summed E-state index contributed by atoms with van der Waals surface area (Å²) in [5.41, 5.74) is 1.37.